The van der Waals surface area contributed by atoms with Crippen LogP contribution in [0, 0.1) is 10.1 Å². The van der Waals surface area contributed by atoms with Crippen LogP contribution in [0.15, 0.2) is 35.2 Å². The number of benzene rings is 1. The van der Waals surface area contributed by atoms with Crippen molar-refractivity contribution in [2.75, 3.05) is 0 Å². The van der Waals surface area contributed by atoms with Gasteiger partial charge in [0.25, 0.3) is 5.69 Å². The van der Waals surface area contributed by atoms with Gasteiger partial charge in [0.15, 0.2) is 0 Å². The van der Waals surface area contributed by atoms with E-state index in [2.05, 4.69) is 25.9 Å². The molecule has 0 spiro atoms. The van der Waals surface area contributed by atoms with Gasteiger partial charge in [-0.05, 0) is 12.1 Å². The molecule has 0 atom stereocenters. The highest BCUT2D eigenvalue weighted by Gasteiger charge is 2.16. The standard InChI is InChI=1S/C9H6BrN3O2/c10-6-1-2-7(8-4-11-5-12-8)9(3-6)13(14)15/h1-5H,(H,11,12). The molecule has 5 nitrogen and oxygen atoms in total. The van der Waals surface area contributed by atoms with Crippen molar-refractivity contribution in [2.45, 2.75) is 0 Å². The van der Waals surface area contributed by atoms with Gasteiger partial charge in [-0.25, -0.2) is 4.98 Å². The number of nitrogens with one attached hydrogen (secondary N) is 1. The van der Waals surface area contributed by atoms with Crippen LogP contribution in [0.2, 0.25) is 0 Å². The Labute approximate surface area is 93.4 Å². The Kier molecular flexibility index (Phi) is 2.51. The molecule has 0 aliphatic carbocycles. The van der Waals surface area contributed by atoms with Crippen molar-refractivity contribution in [1.82, 2.24) is 9.97 Å². The quantitative estimate of drug-likeness (QED) is 0.672. The van der Waals surface area contributed by atoms with Crippen molar-refractivity contribution in [2.24, 2.45) is 0 Å². The maximum atomic E-state index is 10.8. The van der Waals surface area contributed by atoms with Crippen molar-refractivity contribution in [3.05, 3.63) is 45.3 Å². The first-order chi connectivity index (χ1) is 7.18. The van der Waals surface area contributed by atoms with E-state index in [1.165, 1.54) is 12.4 Å². The fourth-order valence-corrected chi connectivity index (χ4v) is 1.64. The normalized spacial score (nSPS) is 10.2. The molecule has 1 N–H and O–H groups in total. The van der Waals surface area contributed by atoms with Gasteiger partial charge in [0.1, 0.15) is 0 Å². The molecule has 0 unspecified atom stereocenters. The Hall–Kier alpha value is -1.69. The fourth-order valence-electron chi connectivity index (χ4n) is 1.29. The molecule has 0 amide bonds. The highest BCUT2D eigenvalue weighted by molar-refractivity contribution is 9.10. The van der Waals surface area contributed by atoms with Gasteiger partial charge in [0, 0.05) is 10.5 Å². The summed E-state index contributed by atoms with van der Waals surface area (Å²) in [6.07, 6.45) is 3.04. The number of halogens is 1. The summed E-state index contributed by atoms with van der Waals surface area (Å²) in [4.78, 5) is 17.1. The van der Waals surface area contributed by atoms with E-state index in [-0.39, 0.29) is 5.69 Å². The molecule has 1 heterocycles. The van der Waals surface area contributed by atoms with E-state index in [0.717, 1.165) is 0 Å². The van der Waals surface area contributed by atoms with Crippen LogP contribution >= 0.6 is 15.9 Å². The molecule has 0 saturated carbocycles. The summed E-state index contributed by atoms with van der Waals surface area (Å²) in [7, 11) is 0. The molecule has 0 fully saturated rings. The number of rotatable bonds is 2. The van der Waals surface area contributed by atoms with E-state index in [1.54, 1.807) is 18.3 Å². The number of nitro groups is 1. The average Bonchev–Trinajstić information content (AvgIpc) is 2.70. The van der Waals surface area contributed by atoms with E-state index < -0.39 is 4.92 Å². The Morgan fingerprint density at radius 2 is 2.27 bits per heavy atom. The monoisotopic (exact) mass is 267 g/mol. The van der Waals surface area contributed by atoms with Crippen LogP contribution in [0.1, 0.15) is 0 Å². The Bertz CT molecular complexity index is 496. The van der Waals surface area contributed by atoms with Gasteiger partial charge in [0.05, 0.1) is 28.7 Å². The van der Waals surface area contributed by atoms with Gasteiger partial charge in [-0.15, -0.1) is 0 Å². The second kappa shape index (κ2) is 3.82. The highest BCUT2D eigenvalue weighted by Crippen LogP contribution is 2.30. The molecule has 0 radical (unpaired) electrons. The van der Waals surface area contributed by atoms with Crippen molar-refractivity contribution in [3.8, 4) is 11.3 Å². The first kappa shape index (κ1) is 9.85. The molecule has 0 aliphatic rings. The van der Waals surface area contributed by atoms with Crippen LogP contribution < -0.4 is 0 Å². The largest absolute Gasteiger partial charge is 0.344 e. The third-order valence-electron chi connectivity index (χ3n) is 1.94. The van der Waals surface area contributed by atoms with E-state index in [4.69, 9.17) is 0 Å². The summed E-state index contributed by atoms with van der Waals surface area (Å²) in [5.41, 5.74) is 1.21. The van der Waals surface area contributed by atoms with Crippen molar-refractivity contribution >= 4 is 21.6 Å². The zero-order valence-electron chi connectivity index (χ0n) is 7.48. The summed E-state index contributed by atoms with van der Waals surface area (Å²) in [5.74, 6) is 0. The molecular formula is C9H6BrN3O2. The van der Waals surface area contributed by atoms with Gasteiger partial charge in [-0.1, -0.05) is 15.9 Å². The highest BCUT2D eigenvalue weighted by atomic mass is 79.9. The maximum Gasteiger partial charge on any atom is 0.279 e. The van der Waals surface area contributed by atoms with Crippen molar-refractivity contribution < 1.29 is 4.92 Å². The molecule has 1 aromatic heterocycles. The van der Waals surface area contributed by atoms with Crippen LogP contribution in [-0.4, -0.2) is 14.9 Å². The van der Waals surface area contributed by atoms with Crippen LogP contribution in [0.5, 0.6) is 0 Å². The lowest BCUT2D eigenvalue weighted by Crippen LogP contribution is -1.92. The Morgan fingerprint density at radius 3 is 2.87 bits per heavy atom. The van der Waals surface area contributed by atoms with Gasteiger partial charge in [-0.3, -0.25) is 10.1 Å². The first-order valence-corrected chi connectivity index (χ1v) is 4.90. The van der Waals surface area contributed by atoms with Crippen molar-refractivity contribution in [3.63, 3.8) is 0 Å². The number of H-pyrrole nitrogens is 1. The smallest absolute Gasteiger partial charge is 0.279 e. The fraction of sp³-hybridized carbons (Fsp3) is 0. The number of aromatic nitrogens is 2. The lowest BCUT2D eigenvalue weighted by atomic mass is 10.1. The number of hydrogen-bond donors (Lipinski definition) is 1. The first-order valence-electron chi connectivity index (χ1n) is 4.11. The molecule has 15 heavy (non-hydrogen) atoms. The third-order valence-corrected chi connectivity index (χ3v) is 2.44. The molecular weight excluding hydrogens is 262 g/mol. The minimum Gasteiger partial charge on any atom is -0.344 e. The van der Waals surface area contributed by atoms with Crippen LogP contribution in [0.25, 0.3) is 11.3 Å². The number of imidazole rings is 1. The maximum absolute atomic E-state index is 10.8. The lowest BCUT2D eigenvalue weighted by molar-refractivity contribution is -0.384. The zero-order chi connectivity index (χ0) is 10.8. The zero-order valence-corrected chi connectivity index (χ0v) is 9.06. The molecule has 2 rings (SSSR count). The second-order valence-corrected chi connectivity index (χ2v) is 3.80. The number of nitro benzene ring substituents is 1. The average molecular weight is 268 g/mol. The van der Waals surface area contributed by atoms with Gasteiger partial charge >= 0.3 is 0 Å². The SMILES string of the molecule is O=[N+]([O-])c1cc(Br)ccc1-c1cnc[nH]1. The topological polar surface area (TPSA) is 71.8 Å². The second-order valence-electron chi connectivity index (χ2n) is 2.88. The van der Waals surface area contributed by atoms with E-state index in [1.807, 2.05) is 0 Å². The molecule has 2 aromatic rings. The summed E-state index contributed by atoms with van der Waals surface area (Å²) >= 11 is 3.20. The number of hydrogen-bond acceptors (Lipinski definition) is 3. The van der Waals surface area contributed by atoms with Crippen LogP contribution in [0.4, 0.5) is 5.69 Å². The number of nitrogens with zero attached hydrogens (tertiary/aromatic N) is 2. The molecule has 0 aliphatic heterocycles. The summed E-state index contributed by atoms with van der Waals surface area (Å²) in [5, 5.41) is 10.8. The summed E-state index contributed by atoms with van der Waals surface area (Å²) in [6, 6.07) is 4.90. The van der Waals surface area contributed by atoms with Crippen LogP contribution in [0.3, 0.4) is 0 Å². The van der Waals surface area contributed by atoms with E-state index >= 15 is 0 Å². The minimum atomic E-state index is -0.416. The van der Waals surface area contributed by atoms with Gasteiger partial charge in [-0.2, -0.15) is 0 Å². The van der Waals surface area contributed by atoms with Crippen molar-refractivity contribution in [1.29, 1.82) is 0 Å². The van der Waals surface area contributed by atoms with Crippen LogP contribution in [-0.2, 0) is 0 Å². The minimum absolute atomic E-state index is 0.0497. The Balaban J connectivity index is 2.61. The lowest BCUT2D eigenvalue weighted by Gasteiger charge is -2.00. The van der Waals surface area contributed by atoms with E-state index in [9.17, 15) is 10.1 Å². The molecule has 0 saturated heterocycles. The Morgan fingerprint density at radius 1 is 1.47 bits per heavy atom. The predicted molar refractivity (Wildman–Crippen MR) is 58.4 cm³/mol. The predicted octanol–water partition coefficient (Wildman–Crippen LogP) is 2.75. The molecule has 0 bridgehead atoms. The molecule has 76 valence electrons. The molecule has 6 heteroatoms. The van der Waals surface area contributed by atoms with Gasteiger partial charge < -0.3 is 4.98 Å². The molecule has 1 aromatic carbocycles. The van der Waals surface area contributed by atoms with E-state index in [0.29, 0.717) is 15.7 Å². The third kappa shape index (κ3) is 1.89. The number of aromatic amines is 1. The summed E-state index contributed by atoms with van der Waals surface area (Å²) in [6.45, 7) is 0. The summed E-state index contributed by atoms with van der Waals surface area (Å²) < 4.78 is 0.678. The van der Waals surface area contributed by atoms with Gasteiger partial charge in [0.2, 0.25) is 0 Å².